The predicted octanol–water partition coefficient (Wildman–Crippen LogP) is 4.37. The first kappa shape index (κ1) is 20.7. The quantitative estimate of drug-likeness (QED) is 0.694. The summed E-state index contributed by atoms with van der Waals surface area (Å²) in [5, 5.41) is 0.435. The number of nitrogens with zero attached hydrogens (tertiary/aromatic N) is 2. The number of rotatable bonds is 3. The van der Waals surface area contributed by atoms with Crippen LogP contribution in [0.3, 0.4) is 0 Å². The van der Waals surface area contributed by atoms with Crippen molar-refractivity contribution >= 4 is 44.8 Å². The van der Waals surface area contributed by atoms with E-state index >= 15 is 0 Å². The normalized spacial score (nSPS) is 22.5. The molecule has 2 unspecified atom stereocenters. The molecule has 1 amide bonds. The average Bonchev–Trinajstić information content (AvgIpc) is 3.05. The number of benzene rings is 2. The van der Waals surface area contributed by atoms with Crippen LogP contribution in [0.2, 0.25) is 10.0 Å². The van der Waals surface area contributed by atoms with Crippen molar-refractivity contribution in [2.24, 2.45) is 5.92 Å². The molecule has 1 fully saturated rings. The fraction of sp³-hybridized carbons (Fsp3) is 0.381. The minimum Gasteiger partial charge on any atom is -0.309 e. The van der Waals surface area contributed by atoms with Gasteiger partial charge in [-0.05, 0) is 56.0 Å². The van der Waals surface area contributed by atoms with Crippen LogP contribution >= 0.6 is 23.2 Å². The Bertz CT molecular complexity index is 1060. The molecule has 29 heavy (non-hydrogen) atoms. The van der Waals surface area contributed by atoms with Crippen molar-refractivity contribution in [3.05, 3.63) is 58.1 Å². The van der Waals surface area contributed by atoms with Gasteiger partial charge in [-0.2, -0.15) is 4.31 Å². The standard InChI is InChI=1S/C21H22Cl2N2O3S/c1-14-11-15-5-2-3-7-19(15)25(14)21(26)16-6-4-10-24(13-16)29(27,28)20-12-17(22)8-9-18(20)23/h2-3,5,7-9,12,14,16H,4,6,10-11,13H2,1H3. The van der Waals surface area contributed by atoms with Crippen molar-refractivity contribution < 1.29 is 13.2 Å². The maximum atomic E-state index is 13.4. The lowest BCUT2D eigenvalue weighted by atomic mass is 9.97. The molecule has 0 spiro atoms. The third kappa shape index (κ3) is 3.79. The SMILES string of the molecule is CC1Cc2ccccc2N1C(=O)C1CCCN(S(=O)(=O)c2cc(Cl)ccc2Cl)C1. The van der Waals surface area contributed by atoms with Gasteiger partial charge in [0, 0.05) is 29.8 Å². The number of carbonyl (C=O) groups is 1. The smallest absolute Gasteiger partial charge is 0.244 e. The summed E-state index contributed by atoms with van der Waals surface area (Å²) in [5.74, 6) is -0.398. The van der Waals surface area contributed by atoms with Crippen LogP contribution in [0.25, 0.3) is 0 Å². The minimum atomic E-state index is -3.83. The van der Waals surface area contributed by atoms with Gasteiger partial charge < -0.3 is 4.90 Å². The zero-order valence-electron chi connectivity index (χ0n) is 16.0. The van der Waals surface area contributed by atoms with Crippen LogP contribution in [0.4, 0.5) is 5.69 Å². The van der Waals surface area contributed by atoms with E-state index in [1.807, 2.05) is 36.1 Å². The van der Waals surface area contributed by atoms with Gasteiger partial charge in [-0.25, -0.2) is 8.42 Å². The second-order valence-corrected chi connectivity index (χ2v) is 10.4. The number of sulfonamides is 1. The molecule has 2 heterocycles. The summed E-state index contributed by atoms with van der Waals surface area (Å²) in [6.45, 7) is 2.54. The Labute approximate surface area is 181 Å². The number of halogens is 2. The lowest BCUT2D eigenvalue weighted by Crippen LogP contribution is -2.48. The first-order valence-electron chi connectivity index (χ1n) is 9.65. The zero-order chi connectivity index (χ0) is 20.8. The third-order valence-electron chi connectivity index (χ3n) is 5.69. The molecular formula is C21H22Cl2N2O3S. The fourth-order valence-electron chi connectivity index (χ4n) is 4.27. The van der Waals surface area contributed by atoms with Crippen LogP contribution in [-0.2, 0) is 21.2 Å². The van der Waals surface area contributed by atoms with E-state index in [9.17, 15) is 13.2 Å². The van der Waals surface area contributed by atoms with Crippen molar-refractivity contribution in [1.82, 2.24) is 4.31 Å². The number of piperidine rings is 1. The van der Waals surface area contributed by atoms with Crippen LogP contribution in [0.15, 0.2) is 47.4 Å². The number of carbonyl (C=O) groups excluding carboxylic acids is 1. The van der Waals surface area contributed by atoms with Crippen molar-refractivity contribution in [2.45, 2.75) is 37.1 Å². The van der Waals surface area contributed by atoms with E-state index in [0.29, 0.717) is 24.4 Å². The van der Waals surface area contributed by atoms with E-state index in [1.165, 1.54) is 16.4 Å². The van der Waals surface area contributed by atoms with Crippen molar-refractivity contribution in [2.75, 3.05) is 18.0 Å². The largest absolute Gasteiger partial charge is 0.309 e. The molecule has 154 valence electrons. The van der Waals surface area contributed by atoms with E-state index in [1.54, 1.807) is 6.07 Å². The van der Waals surface area contributed by atoms with E-state index in [2.05, 4.69) is 0 Å². The Morgan fingerprint density at radius 2 is 1.90 bits per heavy atom. The summed E-state index contributed by atoms with van der Waals surface area (Å²) < 4.78 is 27.7. The van der Waals surface area contributed by atoms with Crippen LogP contribution < -0.4 is 4.90 Å². The summed E-state index contributed by atoms with van der Waals surface area (Å²) >= 11 is 12.1. The maximum Gasteiger partial charge on any atom is 0.244 e. The second kappa shape index (κ2) is 7.91. The Morgan fingerprint density at radius 1 is 1.14 bits per heavy atom. The molecule has 5 nitrogen and oxygen atoms in total. The van der Waals surface area contributed by atoms with Gasteiger partial charge in [0.15, 0.2) is 0 Å². The van der Waals surface area contributed by atoms with Gasteiger partial charge in [-0.3, -0.25) is 4.79 Å². The van der Waals surface area contributed by atoms with Crippen LogP contribution in [0.5, 0.6) is 0 Å². The van der Waals surface area contributed by atoms with Gasteiger partial charge in [0.05, 0.1) is 10.9 Å². The van der Waals surface area contributed by atoms with Gasteiger partial charge in [0.2, 0.25) is 15.9 Å². The lowest BCUT2D eigenvalue weighted by molar-refractivity contribution is -0.123. The van der Waals surface area contributed by atoms with Gasteiger partial charge in [-0.1, -0.05) is 41.4 Å². The molecule has 0 bridgehead atoms. The highest BCUT2D eigenvalue weighted by Gasteiger charge is 2.39. The van der Waals surface area contributed by atoms with E-state index in [0.717, 1.165) is 17.7 Å². The van der Waals surface area contributed by atoms with E-state index in [4.69, 9.17) is 23.2 Å². The Balaban J connectivity index is 1.59. The number of hydrogen-bond donors (Lipinski definition) is 0. The van der Waals surface area contributed by atoms with Crippen LogP contribution in [-0.4, -0.2) is 37.8 Å². The molecule has 2 atom stereocenters. The van der Waals surface area contributed by atoms with Crippen molar-refractivity contribution in [3.8, 4) is 0 Å². The van der Waals surface area contributed by atoms with Crippen LogP contribution in [0.1, 0.15) is 25.3 Å². The minimum absolute atomic E-state index is 0.0142. The summed E-state index contributed by atoms with van der Waals surface area (Å²) in [6.07, 6.45) is 2.10. The molecular weight excluding hydrogens is 431 g/mol. The third-order valence-corrected chi connectivity index (χ3v) is 8.27. The van der Waals surface area contributed by atoms with Crippen LogP contribution in [0, 0.1) is 5.92 Å². The molecule has 2 aliphatic heterocycles. The number of hydrogen-bond acceptors (Lipinski definition) is 3. The Hall–Kier alpha value is -1.60. The molecule has 0 radical (unpaired) electrons. The average molecular weight is 453 g/mol. The molecule has 1 saturated heterocycles. The molecule has 0 N–H and O–H groups in total. The van der Waals surface area contributed by atoms with Gasteiger partial charge in [-0.15, -0.1) is 0 Å². The number of anilines is 1. The Morgan fingerprint density at radius 3 is 2.69 bits per heavy atom. The van der Waals surface area contributed by atoms with Gasteiger partial charge in [0.25, 0.3) is 0 Å². The van der Waals surface area contributed by atoms with Crippen molar-refractivity contribution in [3.63, 3.8) is 0 Å². The summed E-state index contributed by atoms with van der Waals surface area (Å²) in [6, 6.07) is 12.4. The second-order valence-electron chi connectivity index (χ2n) is 7.67. The highest BCUT2D eigenvalue weighted by molar-refractivity contribution is 7.89. The zero-order valence-corrected chi connectivity index (χ0v) is 18.3. The molecule has 8 heteroatoms. The van der Waals surface area contributed by atoms with Gasteiger partial charge in [0.1, 0.15) is 4.90 Å². The van der Waals surface area contributed by atoms with E-state index < -0.39 is 10.0 Å². The lowest BCUT2D eigenvalue weighted by Gasteiger charge is -2.34. The summed E-state index contributed by atoms with van der Waals surface area (Å²) in [4.78, 5) is 15.2. The summed E-state index contributed by atoms with van der Waals surface area (Å²) in [7, 11) is -3.83. The molecule has 2 aromatic carbocycles. The molecule has 4 rings (SSSR count). The molecule has 2 aromatic rings. The number of fused-ring (bicyclic) bond motifs is 1. The maximum absolute atomic E-state index is 13.4. The molecule has 2 aliphatic rings. The fourth-order valence-corrected chi connectivity index (χ4v) is 6.54. The topological polar surface area (TPSA) is 57.7 Å². The number of para-hydroxylation sites is 1. The van der Waals surface area contributed by atoms with Gasteiger partial charge >= 0.3 is 0 Å². The first-order valence-corrected chi connectivity index (χ1v) is 11.8. The molecule has 0 aliphatic carbocycles. The highest BCUT2D eigenvalue weighted by Crippen LogP contribution is 2.35. The Kier molecular flexibility index (Phi) is 5.64. The predicted molar refractivity (Wildman–Crippen MR) is 115 cm³/mol. The van der Waals surface area contributed by atoms with E-state index in [-0.39, 0.29) is 34.3 Å². The molecule has 0 saturated carbocycles. The molecule has 0 aromatic heterocycles. The number of amides is 1. The highest BCUT2D eigenvalue weighted by atomic mass is 35.5. The van der Waals surface area contributed by atoms with Crippen molar-refractivity contribution in [1.29, 1.82) is 0 Å². The first-order chi connectivity index (χ1) is 13.8. The monoisotopic (exact) mass is 452 g/mol. The summed E-state index contributed by atoms with van der Waals surface area (Å²) in [5.41, 5.74) is 2.09.